The van der Waals surface area contributed by atoms with Crippen molar-refractivity contribution >= 4 is 18.5 Å². The maximum absolute atomic E-state index is 6.22. The maximum Gasteiger partial charge on any atom is 0.181 e. The molecular formula is C7H15ClSi. The van der Waals surface area contributed by atoms with Crippen LogP contribution in [0.3, 0.4) is 0 Å². The Hall–Kier alpha value is 0.247. The van der Waals surface area contributed by atoms with E-state index in [9.17, 15) is 0 Å². The van der Waals surface area contributed by atoms with Gasteiger partial charge in [0.05, 0.1) is 0 Å². The number of hydrogen-bond acceptors (Lipinski definition) is 0. The van der Waals surface area contributed by atoms with Crippen LogP contribution in [0.25, 0.3) is 0 Å². The zero-order chi connectivity index (χ0) is 7.71. The highest BCUT2D eigenvalue weighted by Crippen LogP contribution is 2.39. The second-order valence-electron chi connectivity index (χ2n) is 3.53. The highest BCUT2D eigenvalue weighted by atomic mass is 35.6. The molecule has 0 rings (SSSR count). The van der Waals surface area contributed by atoms with Gasteiger partial charge in [0.15, 0.2) is 7.38 Å². The van der Waals surface area contributed by atoms with Crippen molar-refractivity contribution in [3.8, 4) is 0 Å². The normalized spacial score (nSPS) is 18.8. The lowest BCUT2D eigenvalue weighted by molar-refractivity contribution is 0.739. The van der Waals surface area contributed by atoms with E-state index in [0.29, 0.717) is 0 Å². The van der Waals surface area contributed by atoms with E-state index in [4.69, 9.17) is 11.1 Å². The van der Waals surface area contributed by atoms with Crippen molar-refractivity contribution in [1.82, 2.24) is 0 Å². The van der Waals surface area contributed by atoms with Crippen molar-refractivity contribution in [3.05, 3.63) is 12.3 Å². The zero-order valence-electron chi connectivity index (χ0n) is 6.66. The molecule has 0 bridgehead atoms. The highest BCUT2D eigenvalue weighted by molar-refractivity contribution is 7.23. The van der Waals surface area contributed by atoms with Gasteiger partial charge in [-0.1, -0.05) is 33.0 Å². The second-order valence-corrected chi connectivity index (χ2v) is 9.94. The Morgan fingerprint density at radius 1 is 1.44 bits per heavy atom. The monoisotopic (exact) mass is 162 g/mol. The molecule has 0 N–H and O–H groups in total. The Morgan fingerprint density at radius 3 is 1.78 bits per heavy atom. The Balaban J connectivity index is 4.32. The van der Waals surface area contributed by atoms with Crippen molar-refractivity contribution < 1.29 is 0 Å². The van der Waals surface area contributed by atoms with Crippen LogP contribution in [0.2, 0.25) is 11.6 Å². The molecule has 0 aromatic rings. The van der Waals surface area contributed by atoms with E-state index in [1.54, 1.807) is 0 Å². The number of hydrogen-bond donors (Lipinski definition) is 0. The summed E-state index contributed by atoms with van der Waals surface area (Å²) in [5.41, 5.74) is 1.93. The third-order valence-corrected chi connectivity index (χ3v) is 7.71. The SMILES string of the molecule is C=C[Si](C)(Cl)C(C)(C)C. The third-order valence-electron chi connectivity index (χ3n) is 1.85. The Bertz CT molecular complexity index is 111. The lowest BCUT2D eigenvalue weighted by atomic mass is 10.2. The van der Waals surface area contributed by atoms with Gasteiger partial charge in [0.2, 0.25) is 0 Å². The summed E-state index contributed by atoms with van der Waals surface area (Å²) in [6, 6.07) is 0. The molecule has 2 heteroatoms. The molecule has 0 heterocycles. The summed E-state index contributed by atoms with van der Waals surface area (Å²) in [7, 11) is -1.64. The fourth-order valence-electron chi connectivity index (χ4n) is 0.306. The summed E-state index contributed by atoms with van der Waals surface area (Å²) in [6.45, 7) is 12.3. The quantitative estimate of drug-likeness (QED) is 0.410. The molecule has 0 radical (unpaired) electrons. The molecule has 0 fully saturated rings. The summed E-state index contributed by atoms with van der Waals surface area (Å²) in [6.07, 6.45) is 0. The average molecular weight is 163 g/mol. The summed E-state index contributed by atoms with van der Waals surface area (Å²) >= 11 is 6.22. The van der Waals surface area contributed by atoms with Gasteiger partial charge in [0, 0.05) is 0 Å². The molecular weight excluding hydrogens is 148 g/mol. The summed E-state index contributed by atoms with van der Waals surface area (Å²) in [4.78, 5) is 0. The topological polar surface area (TPSA) is 0 Å². The number of rotatable bonds is 1. The smallest absolute Gasteiger partial charge is 0.161 e. The van der Waals surface area contributed by atoms with Crippen LogP contribution in [0, 0.1) is 0 Å². The molecule has 0 saturated carbocycles. The van der Waals surface area contributed by atoms with E-state index in [1.807, 2.05) is 5.70 Å². The molecule has 0 aromatic heterocycles. The first-order valence-corrected chi connectivity index (χ1v) is 6.73. The molecule has 9 heavy (non-hydrogen) atoms. The lowest BCUT2D eigenvalue weighted by Crippen LogP contribution is -2.31. The Labute approximate surface area is 63.6 Å². The van der Waals surface area contributed by atoms with Crippen molar-refractivity contribution in [3.63, 3.8) is 0 Å². The fraction of sp³-hybridized carbons (Fsp3) is 0.714. The van der Waals surface area contributed by atoms with Crippen LogP contribution in [0.4, 0.5) is 0 Å². The molecule has 0 aliphatic heterocycles. The average Bonchev–Trinajstić information content (AvgIpc) is 1.64. The van der Waals surface area contributed by atoms with E-state index < -0.39 is 7.38 Å². The molecule has 0 nitrogen and oxygen atoms in total. The molecule has 0 aliphatic carbocycles. The van der Waals surface area contributed by atoms with Crippen molar-refractivity contribution in [2.75, 3.05) is 0 Å². The van der Waals surface area contributed by atoms with Crippen molar-refractivity contribution in [2.45, 2.75) is 32.4 Å². The van der Waals surface area contributed by atoms with Crippen molar-refractivity contribution in [2.24, 2.45) is 0 Å². The second kappa shape index (κ2) is 2.47. The predicted molar refractivity (Wildman–Crippen MR) is 47.4 cm³/mol. The van der Waals surface area contributed by atoms with Gasteiger partial charge in [-0.15, -0.1) is 6.58 Å². The van der Waals surface area contributed by atoms with Gasteiger partial charge in [-0.3, -0.25) is 0 Å². The first kappa shape index (κ1) is 9.25. The van der Waals surface area contributed by atoms with Crippen molar-refractivity contribution in [1.29, 1.82) is 0 Å². The van der Waals surface area contributed by atoms with E-state index >= 15 is 0 Å². The first-order chi connectivity index (χ1) is 3.81. The molecule has 1 atom stereocenters. The van der Waals surface area contributed by atoms with Crippen LogP contribution < -0.4 is 0 Å². The molecule has 0 spiro atoms. The van der Waals surface area contributed by atoms with Gasteiger partial charge in [-0.2, -0.15) is 11.1 Å². The van der Waals surface area contributed by atoms with Crippen LogP contribution >= 0.6 is 11.1 Å². The Morgan fingerprint density at radius 2 is 1.78 bits per heavy atom. The molecule has 54 valence electrons. The highest BCUT2D eigenvalue weighted by Gasteiger charge is 2.35. The Kier molecular flexibility index (Phi) is 2.54. The fourth-order valence-corrected chi connectivity index (χ4v) is 0.919. The molecule has 1 unspecified atom stereocenters. The van der Waals surface area contributed by atoms with E-state index in [2.05, 4.69) is 33.9 Å². The van der Waals surface area contributed by atoms with Crippen LogP contribution in [0.1, 0.15) is 20.8 Å². The van der Waals surface area contributed by atoms with Crippen LogP contribution in [0.15, 0.2) is 12.3 Å². The van der Waals surface area contributed by atoms with Gasteiger partial charge in [0.1, 0.15) is 0 Å². The van der Waals surface area contributed by atoms with Gasteiger partial charge in [-0.25, -0.2) is 0 Å². The molecule has 0 saturated heterocycles. The third kappa shape index (κ3) is 2.15. The molecule has 0 aromatic carbocycles. The van der Waals surface area contributed by atoms with Gasteiger partial charge >= 0.3 is 0 Å². The van der Waals surface area contributed by atoms with E-state index in [-0.39, 0.29) is 5.04 Å². The van der Waals surface area contributed by atoms with Crippen LogP contribution in [-0.4, -0.2) is 7.38 Å². The largest absolute Gasteiger partial charge is 0.181 e. The van der Waals surface area contributed by atoms with E-state index in [0.717, 1.165) is 0 Å². The maximum atomic E-state index is 6.22. The number of halogens is 1. The summed E-state index contributed by atoms with van der Waals surface area (Å²) in [5.74, 6) is 0. The summed E-state index contributed by atoms with van der Waals surface area (Å²) < 4.78 is 0. The minimum atomic E-state index is -1.64. The molecule has 0 amide bonds. The van der Waals surface area contributed by atoms with Crippen LogP contribution in [0.5, 0.6) is 0 Å². The zero-order valence-corrected chi connectivity index (χ0v) is 8.42. The first-order valence-electron chi connectivity index (χ1n) is 3.14. The van der Waals surface area contributed by atoms with Gasteiger partial charge in [-0.05, 0) is 5.04 Å². The minimum Gasteiger partial charge on any atom is -0.161 e. The lowest BCUT2D eigenvalue weighted by Gasteiger charge is -2.30. The van der Waals surface area contributed by atoms with Gasteiger partial charge in [0.25, 0.3) is 0 Å². The standard InChI is InChI=1S/C7H15ClSi/c1-6-9(5,8)7(2,3)4/h6H,1H2,2-5H3. The van der Waals surface area contributed by atoms with Crippen LogP contribution in [-0.2, 0) is 0 Å². The predicted octanol–water partition coefficient (Wildman–Crippen LogP) is 3.33. The van der Waals surface area contributed by atoms with E-state index in [1.165, 1.54) is 0 Å². The minimum absolute atomic E-state index is 0.232. The van der Waals surface area contributed by atoms with Gasteiger partial charge < -0.3 is 0 Å². The molecule has 0 aliphatic rings. The summed E-state index contributed by atoms with van der Waals surface area (Å²) in [5, 5.41) is 0.232.